The Hall–Kier alpha value is -2.51. The van der Waals surface area contributed by atoms with Crippen LogP contribution >= 0.6 is 0 Å². The van der Waals surface area contributed by atoms with Gasteiger partial charge in [0.2, 0.25) is 0 Å². The van der Waals surface area contributed by atoms with Crippen molar-refractivity contribution in [1.29, 1.82) is 0 Å². The van der Waals surface area contributed by atoms with E-state index >= 15 is 0 Å². The number of ether oxygens (including phenoxy) is 1. The Labute approximate surface area is 201 Å². The van der Waals surface area contributed by atoms with E-state index in [1.54, 1.807) is 0 Å². The van der Waals surface area contributed by atoms with E-state index in [1.165, 1.54) is 36.1 Å². The highest BCUT2D eigenvalue weighted by atomic mass is 16.5. The van der Waals surface area contributed by atoms with Crippen molar-refractivity contribution in [2.45, 2.75) is 69.8 Å². The minimum absolute atomic E-state index is 0.165. The van der Waals surface area contributed by atoms with Gasteiger partial charge < -0.3 is 14.7 Å². The molecule has 0 unspecified atom stereocenters. The Balaban J connectivity index is 1.39. The first-order valence-electron chi connectivity index (χ1n) is 13.1. The lowest BCUT2D eigenvalue weighted by Crippen LogP contribution is -2.30. The van der Waals surface area contributed by atoms with Crippen molar-refractivity contribution >= 4 is 11.3 Å². The standard InChI is InChI=1S/C27H35N5O2/c33-22-6-4-20(5-7-22)24-16-23(21-8-10-28-27(15-21)31-11-2-1-3-12-31)25-17-29-26(30-32(24)25)14-19-9-13-34-18-19/h8,10,15-17,19-20,22,33H,1-7,9,11-14,18H2/t19-,20?,22?/m0/s1. The lowest BCUT2D eigenvalue weighted by atomic mass is 9.85. The number of anilines is 1. The average molecular weight is 462 g/mol. The van der Waals surface area contributed by atoms with Crippen molar-refractivity contribution in [3.63, 3.8) is 0 Å². The maximum Gasteiger partial charge on any atom is 0.149 e. The fourth-order valence-corrected chi connectivity index (χ4v) is 5.92. The van der Waals surface area contributed by atoms with Crippen LogP contribution in [0.4, 0.5) is 5.82 Å². The minimum Gasteiger partial charge on any atom is -0.393 e. The fourth-order valence-electron chi connectivity index (χ4n) is 5.92. The van der Waals surface area contributed by atoms with Crippen molar-refractivity contribution < 1.29 is 9.84 Å². The second-order valence-corrected chi connectivity index (χ2v) is 10.3. The predicted molar refractivity (Wildman–Crippen MR) is 132 cm³/mol. The third-order valence-corrected chi connectivity index (χ3v) is 7.94. The van der Waals surface area contributed by atoms with E-state index < -0.39 is 0 Å². The quantitative estimate of drug-likeness (QED) is 0.608. The van der Waals surface area contributed by atoms with Gasteiger partial charge >= 0.3 is 0 Å². The summed E-state index contributed by atoms with van der Waals surface area (Å²) in [5.41, 5.74) is 4.66. The first-order valence-corrected chi connectivity index (χ1v) is 13.1. The molecule has 3 aromatic heterocycles. The molecule has 7 nitrogen and oxygen atoms in total. The summed E-state index contributed by atoms with van der Waals surface area (Å²) in [5.74, 6) is 2.88. The number of aliphatic hydroxyl groups is 1. The topological polar surface area (TPSA) is 75.8 Å². The molecule has 7 heteroatoms. The summed E-state index contributed by atoms with van der Waals surface area (Å²) in [6.45, 7) is 3.82. The van der Waals surface area contributed by atoms with Gasteiger partial charge in [-0.05, 0) is 81.0 Å². The van der Waals surface area contributed by atoms with E-state index in [4.69, 9.17) is 19.8 Å². The number of nitrogens with zero attached hydrogens (tertiary/aromatic N) is 5. The maximum absolute atomic E-state index is 10.1. The minimum atomic E-state index is -0.165. The van der Waals surface area contributed by atoms with Crippen LogP contribution in [0.2, 0.25) is 0 Å². The molecule has 5 heterocycles. The van der Waals surface area contributed by atoms with Gasteiger partial charge in [0.05, 0.1) is 17.8 Å². The molecule has 3 aliphatic rings. The van der Waals surface area contributed by atoms with Gasteiger partial charge in [-0.3, -0.25) is 0 Å². The monoisotopic (exact) mass is 461 g/mol. The number of piperidine rings is 1. The van der Waals surface area contributed by atoms with Gasteiger partial charge in [-0.1, -0.05) is 0 Å². The van der Waals surface area contributed by atoms with Gasteiger partial charge in [0.15, 0.2) is 0 Å². The van der Waals surface area contributed by atoms with Crippen LogP contribution < -0.4 is 4.90 Å². The molecule has 1 N–H and O–H groups in total. The zero-order valence-electron chi connectivity index (χ0n) is 19.9. The summed E-state index contributed by atoms with van der Waals surface area (Å²) >= 11 is 0. The summed E-state index contributed by atoms with van der Waals surface area (Å²) < 4.78 is 7.72. The van der Waals surface area contributed by atoms with Crippen molar-refractivity contribution in [2.75, 3.05) is 31.2 Å². The van der Waals surface area contributed by atoms with Crippen LogP contribution in [0.3, 0.4) is 0 Å². The van der Waals surface area contributed by atoms with Crippen LogP contribution in [0.5, 0.6) is 0 Å². The SMILES string of the molecule is OC1CCC(c2cc(-c3ccnc(N4CCCCC4)c3)c3cnc(C[C@@H]4CCOC4)nn23)CC1. The van der Waals surface area contributed by atoms with Crippen LogP contribution in [0.25, 0.3) is 16.6 Å². The van der Waals surface area contributed by atoms with Gasteiger partial charge in [-0.25, -0.2) is 14.5 Å². The highest BCUT2D eigenvalue weighted by Gasteiger charge is 2.26. The third-order valence-electron chi connectivity index (χ3n) is 7.94. The largest absolute Gasteiger partial charge is 0.393 e. The summed E-state index contributed by atoms with van der Waals surface area (Å²) in [6, 6.07) is 6.67. The van der Waals surface area contributed by atoms with Gasteiger partial charge in [0.1, 0.15) is 11.6 Å². The molecule has 6 rings (SSSR count). The third kappa shape index (κ3) is 4.43. The number of aliphatic hydroxyl groups excluding tert-OH is 1. The molecular weight excluding hydrogens is 426 g/mol. The molecule has 0 spiro atoms. The van der Waals surface area contributed by atoms with Crippen molar-refractivity contribution in [2.24, 2.45) is 5.92 Å². The Kier molecular flexibility index (Phi) is 6.22. The van der Waals surface area contributed by atoms with E-state index in [2.05, 4.69) is 27.6 Å². The molecule has 0 bridgehead atoms. The average Bonchev–Trinajstić information content (AvgIpc) is 3.53. The second-order valence-electron chi connectivity index (χ2n) is 10.3. The molecule has 1 aliphatic carbocycles. The van der Waals surface area contributed by atoms with E-state index in [0.29, 0.717) is 11.8 Å². The smallest absolute Gasteiger partial charge is 0.149 e. The first-order chi connectivity index (χ1) is 16.7. The molecule has 2 aliphatic heterocycles. The molecule has 3 aromatic rings. The van der Waals surface area contributed by atoms with E-state index in [9.17, 15) is 5.11 Å². The summed E-state index contributed by atoms with van der Waals surface area (Å²) in [6.07, 6.45) is 13.2. The van der Waals surface area contributed by atoms with Crippen LogP contribution in [0.15, 0.2) is 30.6 Å². The number of hydrogen-bond donors (Lipinski definition) is 1. The van der Waals surface area contributed by atoms with Gasteiger partial charge in [-0.15, -0.1) is 0 Å². The van der Waals surface area contributed by atoms with Crippen molar-refractivity contribution in [1.82, 2.24) is 19.6 Å². The first kappa shape index (κ1) is 22.0. The zero-order chi connectivity index (χ0) is 22.9. The predicted octanol–water partition coefficient (Wildman–Crippen LogP) is 4.38. The van der Waals surface area contributed by atoms with Crippen molar-refractivity contribution in [3.05, 3.63) is 42.1 Å². The maximum atomic E-state index is 10.1. The molecule has 1 saturated carbocycles. The van der Waals surface area contributed by atoms with E-state index in [1.807, 2.05) is 12.4 Å². The van der Waals surface area contributed by atoms with Crippen LogP contribution in [0, 0.1) is 5.92 Å². The van der Waals surface area contributed by atoms with Gasteiger partial charge in [0.25, 0.3) is 0 Å². The summed E-state index contributed by atoms with van der Waals surface area (Å²) in [4.78, 5) is 11.9. The van der Waals surface area contributed by atoms with Crippen molar-refractivity contribution in [3.8, 4) is 11.1 Å². The number of fused-ring (bicyclic) bond motifs is 1. The molecule has 34 heavy (non-hydrogen) atoms. The highest BCUT2D eigenvalue weighted by Crippen LogP contribution is 2.38. The lowest BCUT2D eigenvalue weighted by molar-refractivity contribution is 0.121. The molecule has 0 aromatic carbocycles. The number of pyridine rings is 1. The fraction of sp³-hybridized carbons (Fsp3) is 0.593. The summed E-state index contributed by atoms with van der Waals surface area (Å²) in [5, 5.41) is 15.1. The second kappa shape index (κ2) is 9.62. The molecule has 0 radical (unpaired) electrons. The van der Waals surface area contributed by atoms with Gasteiger partial charge in [0, 0.05) is 56.1 Å². The number of rotatable bonds is 5. The van der Waals surface area contributed by atoms with E-state index in [0.717, 1.165) is 82.0 Å². The molecular formula is C27H35N5O2. The molecule has 2 saturated heterocycles. The Morgan fingerprint density at radius 2 is 1.85 bits per heavy atom. The highest BCUT2D eigenvalue weighted by molar-refractivity contribution is 5.82. The van der Waals surface area contributed by atoms with Crippen LogP contribution in [-0.4, -0.2) is 57.1 Å². The molecule has 180 valence electrons. The molecule has 0 amide bonds. The number of hydrogen-bond acceptors (Lipinski definition) is 6. The zero-order valence-corrected chi connectivity index (χ0v) is 19.9. The van der Waals surface area contributed by atoms with Crippen LogP contribution in [0.1, 0.15) is 68.8 Å². The van der Waals surface area contributed by atoms with E-state index in [-0.39, 0.29) is 6.10 Å². The normalized spacial score (nSPS) is 25.8. The van der Waals surface area contributed by atoms with Crippen LogP contribution in [-0.2, 0) is 11.2 Å². The Morgan fingerprint density at radius 1 is 1.00 bits per heavy atom. The number of aromatic nitrogens is 4. The Morgan fingerprint density at radius 3 is 2.65 bits per heavy atom. The summed E-state index contributed by atoms with van der Waals surface area (Å²) in [7, 11) is 0. The molecule has 1 atom stereocenters. The van der Waals surface area contributed by atoms with Gasteiger partial charge in [-0.2, -0.15) is 5.10 Å². The lowest BCUT2D eigenvalue weighted by Gasteiger charge is -2.27. The Bertz CT molecular complexity index is 1130. The molecule has 3 fully saturated rings.